The van der Waals surface area contributed by atoms with E-state index in [9.17, 15) is 0 Å². The predicted molar refractivity (Wildman–Crippen MR) is 204 cm³/mol. The Morgan fingerprint density at radius 1 is 0.540 bits per heavy atom. The molecule has 0 aliphatic rings. The largest absolute Gasteiger partial charge is 0.305 e. The third-order valence-electron chi connectivity index (χ3n) is 8.66. The number of aromatic nitrogens is 2. The summed E-state index contributed by atoms with van der Waals surface area (Å²) >= 11 is 0. The SMILES string of the molecule is CC(C)(C)c1cc[c-]c(-c2cc(Cc3ccccc3)ccn2)c1.Cc1cnc(-c2[c-]ccc(-c3ccccc3)c2)cc1Cc1ccccc1.[Ir]. The van der Waals surface area contributed by atoms with Crippen molar-refractivity contribution in [3.63, 3.8) is 0 Å². The van der Waals surface area contributed by atoms with Crippen molar-refractivity contribution in [2.24, 2.45) is 0 Å². The molecule has 0 N–H and O–H groups in total. The molecular weight excluding hydrogens is 785 g/mol. The molecule has 0 bridgehead atoms. The van der Waals surface area contributed by atoms with Gasteiger partial charge in [0.15, 0.2) is 0 Å². The Balaban J connectivity index is 0.000000192. The van der Waals surface area contributed by atoms with Crippen LogP contribution in [0.1, 0.15) is 54.2 Å². The van der Waals surface area contributed by atoms with E-state index in [1.165, 1.54) is 44.5 Å². The monoisotopic (exact) mass is 827 g/mol. The van der Waals surface area contributed by atoms with Crippen molar-refractivity contribution in [1.82, 2.24) is 9.97 Å². The molecule has 3 heteroatoms. The van der Waals surface area contributed by atoms with E-state index in [0.29, 0.717) is 0 Å². The molecular formula is C47H42IrN2-2. The zero-order valence-corrected chi connectivity index (χ0v) is 31.5. The van der Waals surface area contributed by atoms with Crippen molar-refractivity contribution in [2.45, 2.75) is 46.0 Å². The van der Waals surface area contributed by atoms with Gasteiger partial charge in [-0.1, -0.05) is 124 Å². The van der Waals surface area contributed by atoms with Crippen molar-refractivity contribution in [2.75, 3.05) is 0 Å². The molecule has 5 aromatic carbocycles. The second-order valence-electron chi connectivity index (χ2n) is 13.5. The van der Waals surface area contributed by atoms with E-state index in [0.717, 1.165) is 35.4 Å². The number of rotatable bonds is 7. The van der Waals surface area contributed by atoms with Crippen LogP contribution in [0.5, 0.6) is 0 Å². The molecule has 0 saturated carbocycles. The Hall–Kier alpha value is -4.95. The minimum Gasteiger partial charge on any atom is -0.305 e. The number of nitrogens with zero attached hydrogens (tertiary/aromatic N) is 2. The van der Waals surface area contributed by atoms with E-state index < -0.39 is 0 Å². The second-order valence-corrected chi connectivity index (χ2v) is 13.5. The first-order valence-corrected chi connectivity index (χ1v) is 16.9. The van der Waals surface area contributed by atoms with Gasteiger partial charge in [0.05, 0.1) is 0 Å². The van der Waals surface area contributed by atoms with Gasteiger partial charge in [-0.2, -0.15) is 0 Å². The summed E-state index contributed by atoms with van der Waals surface area (Å²) < 4.78 is 0. The molecule has 0 amide bonds. The molecule has 0 atom stereocenters. The summed E-state index contributed by atoms with van der Waals surface area (Å²) in [5.41, 5.74) is 14.3. The molecule has 1 radical (unpaired) electrons. The molecule has 2 aromatic heterocycles. The quantitative estimate of drug-likeness (QED) is 0.150. The van der Waals surface area contributed by atoms with Crippen LogP contribution in [0.2, 0.25) is 0 Å². The van der Waals surface area contributed by atoms with Gasteiger partial charge in [-0.15, -0.1) is 70.8 Å². The first-order valence-electron chi connectivity index (χ1n) is 16.9. The first-order chi connectivity index (χ1) is 23.8. The molecule has 0 spiro atoms. The average molecular weight is 827 g/mol. The summed E-state index contributed by atoms with van der Waals surface area (Å²) in [6.07, 6.45) is 5.71. The van der Waals surface area contributed by atoms with Gasteiger partial charge in [-0.25, -0.2) is 0 Å². The van der Waals surface area contributed by atoms with Crippen molar-refractivity contribution in [1.29, 1.82) is 0 Å². The van der Waals surface area contributed by atoms with Gasteiger partial charge in [0, 0.05) is 32.5 Å². The van der Waals surface area contributed by atoms with E-state index in [2.05, 4.69) is 177 Å². The fraction of sp³-hybridized carbons (Fsp3) is 0.149. The van der Waals surface area contributed by atoms with E-state index in [1.807, 2.05) is 30.6 Å². The maximum atomic E-state index is 4.65. The fourth-order valence-corrected chi connectivity index (χ4v) is 5.79. The third-order valence-corrected chi connectivity index (χ3v) is 8.66. The van der Waals surface area contributed by atoms with Crippen LogP contribution in [0, 0.1) is 19.1 Å². The summed E-state index contributed by atoms with van der Waals surface area (Å²) in [7, 11) is 0. The van der Waals surface area contributed by atoms with Crippen LogP contribution in [-0.2, 0) is 38.4 Å². The molecule has 0 fully saturated rings. The first kappa shape index (κ1) is 36.3. The summed E-state index contributed by atoms with van der Waals surface area (Å²) in [6, 6.07) is 57.2. The maximum Gasteiger partial charge on any atom is 0.0192 e. The van der Waals surface area contributed by atoms with Crippen LogP contribution in [0.4, 0.5) is 0 Å². The second kappa shape index (κ2) is 17.1. The maximum absolute atomic E-state index is 4.65. The van der Waals surface area contributed by atoms with Gasteiger partial charge < -0.3 is 9.97 Å². The number of benzene rings is 5. The Morgan fingerprint density at radius 3 is 1.78 bits per heavy atom. The van der Waals surface area contributed by atoms with Gasteiger partial charge in [-0.05, 0) is 76.0 Å². The number of hydrogen-bond donors (Lipinski definition) is 0. The molecule has 251 valence electrons. The predicted octanol–water partition coefficient (Wildman–Crippen LogP) is 11.5. The number of pyridine rings is 2. The van der Waals surface area contributed by atoms with E-state index in [4.69, 9.17) is 0 Å². The molecule has 50 heavy (non-hydrogen) atoms. The normalized spacial score (nSPS) is 10.8. The minimum atomic E-state index is 0. The fourth-order valence-electron chi connectivity index (χ4n) is 5.79. The van der Waals surface area contributed by atoms with Crippen molar-refractivity contribution < 1.29 is 20.1 Å². The van der Waals surface area contributed by atoms with Gasteiger partial charge in [-0.3, -0.25) is 0 Å². The van der Waals surface area contributed by atoms with Crippen molar-refractivity contribution in [3.8, 4) is 33.6 Å². The van der Waals surface area contributed by atoms with Gasteiger partial charge in [0.25, 0.3) is 0 Å². The third kappa shape index (κ3) is 9.82. The molecule has 2 nitrogen and oxygen atoms in total. The summed E-state index contributed by atoms with van der Waals surface area (Å²) in [5.74, 6) is 0. The van der Waals surface area contributed by atoms with Gasteiger partial charge in [0.2, 0.25) is 0 Å². The van der Waals surface area contributed by atoms with E-state index in [-0.39, 0.29) is 25.5 Å². The van der Waals surface area contributed by atoms with Crippen LogP contribution in [-0.4, -0.2) is 9.97 Å². The number of aryl methyl sites for hydroxylation is 1. The average Bonchev–Trinajstić information content (AvgIpc) is 3.14. The van der Waals surface area contributed by atoms with Crippen LogP contribution < -0.4 is 0 Å². The summed E-state index contributed by atoms with van der Waals surface area (Å²) in [5, 5.41) is 0. The molecule has 7 rings (SSSR count). The van der Waals surface area contributed by atoms with Crippen molar-refractivity contribution in [3.05, 3.63) is 203 Å². The molecule has 0 aliphatic heterocycles. The summed E-state index contributed by atoms with van der Waals surface area (Å²) in [4.78, 5) is 9.20. The molecule has 2 heterocycles. The zero-order valence-electron chi connectivity index (χ0n) is 29.2. The summed E-state index contributed by atoms with van der Waals surface area (Å²) in [6.45, 7) is 8.81. The molecule has 7 aromatic rings. The van der Waals surface area contributed by atoms with Gasteiger partial charge >= 0.3 is 0 Å². The smallest absolute Gasteiger partial charge is 0.0192 e. The van der Waals surface area contributed by atoms with Crippen LogP contribution in [0.15, 0.2) is 158 Å². The Morgan fingerprint density at radius 2 is 1.12 bits per heavy atom. The van der Waals surface area contributed by atoms with Crippen molar-refractivity contribution >= 4 is 0 Å². The Bertz CT molecular complexity index is 2100. The van der Waals surface area contributed by atoms with Crippen LogP contribution in [0.3, 0.4) is 0 Å². The van der Waals surface area contributed by atoms with Crippen LogP contribution >= 0.6 is 0 Å². The zero-order chi connectivity index (χ0) is 34.1. The Labute approximate surface area is 311 Å². The van der Waals surface area contributed by atoms with Crippen LogP contribution in [0.25, 0.3) is 33.6 Å². The van der Waals surface area contributed by atoms with E-state index >= 15 is 0 Å². The standard InChI is InChI=1S/C25H20N.C22H22N.Ir/c1-19-18-26-25(17-24(19)15-20-9-4-2-5-10-20)23-14-8-13-22(16-23)21-11-6-3-7-12-21;1-22(2,3)20-11-7-10-19(16-20)21-15-18(12-13-23-21)14-17-8-5-4-6-9-17;/h2-13,16-18H,15H2,1H3;4-9,11-13,15-16H,14H2,1-3H3;/q2*-1;. The van der Waals surface area contributed by atoms with Gasteiger partial charge in [0.1, 0.15) is 0 Å². The molecule has 0 unspecified atom stereocenters. The molecule has 0 aliphatic carbocycles. The topological polar surface area (TPSA) is 25.8 Å². The molecule has 0 saturated heterocycles. The Kier molecular flexibility index (Phi) is 12.4. The van der Waals surface area contributed by atoms with E-state index in [1.54, 1.807) is 0 Å². The minimum absolute atomic E-state index is 0. The number of hydrogen-bond acceptors (Lipinski definition) is 2.